The SMILES string of the molecule is Cl.O=C(CN1CCC(Cn2c(=O)sc3cc(Br)ccc32)CC1)c1ccc(F)cc1. The first kappa shape index (κ1) is 22.2. The molecule has 1 saturated heterocycles. The third kappa shape index (κ3) is 5.15. The molecule has 2 heterocycles. The minimum atomic E-state index is -0.332. The molecule has 8 heteroatoms. The second kappa shape index (κ2) is 9.51. The zero-order valence-electron chi connectivity index (χ0n) is 15.6. The van der Waals surface area contributed by atoms with Gasteiger partial charge in [-0.05, 0) is 74.3 Å². The quantitative estimate of drug-likeness (QED) is 0.465. The molecule has 0 unspecified atom stereocenters. The van der Waals surface area contributed by atoms with E-state index in [1.54, 1.807) is 0 Å². The Kier molecular flexibility index (Phi) is 7.27. The maximum Gasteiger partial charge on any atom is 0.308 e. The molecule has 1 aliphatic rings. The Labute approximate surface area is 186 Å². The number of thiazole rings is 1. The number of carbonyl (C=O) groups excluding carboxylic acids is 1. The van der Waals surface area contributed by atoms with Crippen molar-refractivity contribution in [3.63, 3.8) is 0 Å². The third-order valence-corrected chi connectivity index (χ3v) is 6.75. The number of carbonyl (C=O) groups is 1. The molecule has 0 radical (unpaired) electrons. The number of fused-ring (bicyclic) bond motifs is 1. The lowest BCUT2D eigenvalue weighted by Crippen LogP contribution is -2.38. The lowest BCUT2D eigenvalue weighted by Gasteiger charge is -2.31. The highest BCUT2D eigenvalue weighted by Crippen LogP contribution is 2.25. The van der Waals surface area contributed by atoms with Crippen molar-refractivity contribution in [1.82, 2.24) is 9.47 Å². The number of piperidine rings is 1. The molecule has 0 N–H and O–H groups in total. The van der Waals surface area contributed by atoms with Gasteiger partial charge in [0.1, 0.15) is 5.82 Å². The van der Waals surface area contributed by atoms with Crippen molar-refractivity contribution in [2.45, 2.75) is 19.4 Å². The predicted molar refractivity (Wildman–Crippen MR) is 121 cm³/mol. The zero-order chi connectivity index (χ0) is 19.7. The van der Waals surface area contributed by atoms with E-state index < -0.39 is 0 Å². The summed E-state index contributed by atoms with van der Waals surface area (Å²) in [6.45, 7) is 2.74. The highest BCUT2D eigenvalue weighted by atomic mass is 79.9. The van der Waals surface area contributed by atoms with Crippen LogP contribution in [-0.4, -0.2) is 34.9 Å². The van der Waals surface area contributed by atoms with Crippen molar-refractivity contribution in [3.8, 4) is 0 Å². The lowest BCUT2D eigenvalue weighted by atomic mass is 9.96. The van der Waals surface area contributed by atoms with Crippen LogP contribution in [-0.2, 0) is 6.54 Å². The number of ketones is 1. The van der Waals surface area contributed by atoms with Gasteiger partial charge in [0.25, 0.3) is 0 Å². The zero-order valence-corrected chi connectivity index (χ0v) is 18.9. The molecule has 0 amide bonds. The largest absolute Gasteiger partial charge is 0.308 e. The number of Topliss-reactive ketones (excluding diaryl/α,β-unsaturated/α-hetero) is 1. The van der Waals surface area contributed by atoms with E-state index >= 15 is 0 Å². The normalized spacial score (nSPS) is 15.4. The van der Waals surface area contributed by atoms with Crippen LogP contribution in [0.3, 0.4) is 0 Å². The number of benzene rings is 2. The van der Waals surface area contributed by atoms with Gasteiger partial charge in [-0.2, -0.15) is 0 Å². The summed E-state index contributed by atoms with van der Waals surface area (Å²) in [6.07, 6.45) is 1.91. The average molecular weight is 500 g/mol. The molecule has 0 saturated carbocycles. The molecule has 0 atom stereocenters. The number of nitrogens with zero attached hydrogens (tertiary/aromatic N) is 2. The average Bonchev–Trinajstić information content (AvgIpc) is 2.98. The van der Waals surface area contributed by atoms with Crippen molar-refractivity contribution in [2.75, 3.05) is 19.6 Å². The van der Waals surface area contributed by atoms with Crippen molar-refractivity contribution in [3.05, 3.63) is 68.0 Å². The first-order valence-electron chi connectivity index (χ1n) is 9.29. The molecule has 0 bridgehead atoms. The highest BCUT2D eigenvalue weighted by molar-refractivity contribution is 9.10. The molecule has 154 valence electrons. The van der Waals surface area contributed by atoms with E-state index in [2.05, 4.69) is 20.8 Å². The molecule has 29 heavy (non-hydrogen) atoms. The van der Waals surface area contributed by atoms with E-state index in [0.717, 1.165) is 47.2 Å². The fraction of sp³-hybridized carbons (Fsp3) is 0.333. The summed E-state index contributed by atoms with van der Waals surface area (Å²) in [5, 5.41) is 0. The van der Waals surface area contributed by atoms with Gasteiger partial charge in [0.2, 0.25) is 0 Å². The first-order chi connectivity index (χ1) is 13.5. The highest BCUT2D eigenvalue weighted by Gasteiger charge is 2.23. The number of hydrogen-bond donors (Lipinski definition) is 0. The van der Waals surface area contributed by atoms with Gasteiger partial charge in [-0.1, -0.05) is 27.3 Å². The number of aromatic nitrogens is 1. The van der Waals surface area contributed by atoms with Crippen LogP contribution < -0.4 is 4.87 Å². The van der Waals surface area contributed by atoms with Crippen LogP contribution in [0.25, 0.3) is 10.2 Å². The Morgan fingerprint density at radius 1 is 1.14 bits per heavy atom. The summed E-state index contributed by atoms with van der Waals surface area (Å²) in [4.78, 5) is 27.0. The van der Waals surface area contributed by atoms with E-state index in [0.29, 0.717) is 18.0 Å². The van der Waals surface area contributed by atoms with Crippen LogP contribution >= 0.6 is 39.7 Å². The smallest absolute Gasteiger partial charge is 0.298 e. The number of likely N-dealkylation sites (tertiary alicyclic amines) is 1. The summed E-state index contributed by atoms with van der Waals surface area (Å²) in [6, 6.07) is 11.7. The third-order valence-electron chi connectivity index (χ3n) is 5.31. The second-order valence-corrected chi connectivity index (χ2v) is 9.15. The Morgan fingerprint density at radius 3 is 2.52 bits per heavy atom. The Balaban J connectivity index is 0.00000240. The molecular weight excluding hydrogens is 479 g/mol. The molecule has 1 aliphatic heterocycles. The van der Waals surface area contributed by atoms with Gasteiger partial charge in [-0.25, -0.2) is 4.39 Å². The van der Waals surface area contributed by atoms with E-state index in [1.165, 1.54) is 35.6 Å². The molecule has 3 aromatic rings. The molecule has 1 fully saturated rings. The Hall–Kier alpha value is -1.54. The summed E-state index contributed by atoms with van der Waals surface area (Å²) in [5.74, 6) is 0.112. The van der Waals surface area contributed by atoms with Crippen molar-refractivity contribution in [2.24, 2.45) is 5.92 Å². The molecule has 1 aromatic heterocycles. The van der Waals surface area contributed by atoms with E-state index in [9.17, 15) is 14.0 Å². The first-order valence-corrected chi connectivity index (χ1v) is 10.9. The number of rotatable bonds is 5. The van der Waals surface area contributed by atoms with Gasteiger partial charge in [0, 0.05) is 16.6 Å². The van der Waals surface area contributed by atoms with Crippen LogP contribution in [0.4, 0.5) is 4.39 Å². The maximum atomic E-state index is 13.0. The molecular formula is C21H21BrClFN2O2S. The molecule has 4 nitrogen and oxygen atoms in total. The van der Waals surface area contributed by atoms with E-state index in [4.69, 9.17) is 0 Å². The summed E-state index contributed by atoms with van der Waals surface area (Å²) < 4.78 is 16.9. The van der Waals surface area contributed by atoms with Crippen LogP contribution in [0.1, 0.15) is 23.2 Å². The molecule has 2 aromatic carbocycles. The summed E-state index contributed by atoms with van der Waals surface area (Å²) in [7, 11) is 0. The number of hydrogen-bond acceptors (Lipinski definition) is 4. The summed E-state index contributed by atoms with van der Waals surface area (Å²) >= 11 is 4.74. The van der Waals surface area contributed by atoms with Crippen LogP contribution in [0, 0.1) is 11.7 Å². The Bertz CT molecular complexity index is 1060. The van der Waals surface area contributed by atoms with Gasteiger partial charge in [0.05, 0.1) is 16.8 Å². The van der Waals surface area contributed by atoms with Crippen LogP contribution in [0.5, 0.6) is 0 Å². The standard InChI is InChI=1S/C21H20BrFN2O2S.ClH/c22-16-3-6-18-20(11-16)28-21(27)25(18)12-14-7-9-24(10-8-14)13-19(26)15-1-4-17(23)5-2-15;/h1-6,11,14H,7-10,12-13H2;1H. The second-order valence-electron chi connectivity index (χ2n) is 7.24. The topological polar surface area (TPSA) is 42.3 Å². The van der Waals surface area contributed by atoms with Crippen LogP contribution in [0.2, 0.25) is 0 Å². The monoisotopic (exact) mass is 498 g/mol. The van der Waals surface area contributed by atoms with Gasteiger partial charge >= 0.3 is 4.87 Å². The van der Waals surface area contributed by atoms with Crippen LogP contribution in [0.15, 0.2) is 51.7 Å². The van der Waals surface area contributed by atoms with Gasteiger partial charge in [-0.3, -0.25) is 19.1 Å². The van der Waals surface area contributed by atoms with Crippen molar-refractivity contribution < 1.29 is 9.18 Å². The molecule has 0 spiro atoms. The minimum Gasteiger partial charge on any atom is -0.298 e. The van der Waals surface area contributed by atoms with Gasteiger partial charge in [-0.15, -0.1) is 12.4 Å². The van der Waals surface area contributed by atoms with Crippen molar-refractivity contribution in [1.29, 1.82) is 0 Å². The van der Waals surface area contributed by atoms with Gasteiger partial charge in [0.15, 0.2) is 5.78 Å². The van der Waals surface area contributed by atoms with Crippen molar-refractivity contribution >= 4 is 55.7 Å². The number of halogens is 3. The van der Waals surface area contributed by atoms with E-state index in [1.807, 2.05) is 22.8 Å². The fourth-order valence-corrected chi connectivity index (χ4v) is 5.18. The Morgan fingerprint density at radius 2 is 1.83 bits per heavy atom. The van der Waals surface area contributed by atoms with Gasteiger partial charge < -0.3 is 0 Å². The maximum absolute atomic E-state index is 13.0. The molecule has 0 aliphatic carbocycles. The predicted octanol–water partition coefficient (Wildman–Crippen LogP) is 4.98. The molecule has 4 rings (SSSR count). The van der Waals surface area contributed by atoms with E-state index in [-0.39, 0.29) is 28.9 Å². The lowest BCUT2D eigenvalue weighted by molar-refractivity contribution is 0.0890. The summed E-state index contributed by atoms with van der Waals surface area (Å²) in [5.41, 5.74) is 1.54. The minimum absolute atomic E-state index is 0. The fourth-order valence-electron chi connectivity index (χ4n) is 3.73.